The number of carbonyl (C=O) groups is 1. The maximum Gasteiger partial charge on any atom is 0.228 e. The highest BCUT2D eigenvalue weighted by Crippen LogP contribution is 2.27. The average molecular weight is 375 g/mol. The van der Waals surface area contributed by atoms with E-state index in [4.69, 9.17) is 0 Å². The molecule has 2 aromatic heterocycles. The molecule has 1 aliphatic heterocycles. The summed E-state index contributed by atoms with van der Waals surface area (Å²) in [5.41, 5.74) is 3.75. The van der Waals surface area contributed by atoms with Crippen LogP contribution >= 0.6 is 0 Å². The first-order chi connectivity index (χ1) is 13.7. The van der Waals surface area contributed by atoms with E-state index in [1.54, 1.807) is 17.1 Å². The molecule has 6 heteroatoms. The van der Waals surface area contributed by atoms with E-state index in [1.165, 1.54) is 5.56 Å². The Labute approximate surface area is 165 Å². The van der Waals surface area contributed by atoms with Crippen LogP contribution in [-0.4, -0.2) is 38.7 Å². The first kappa shape index (κ1) is 18.4. The van der Waals surface area contributed by atoms with E-state index in [9.17, 15) is 4.79 Å². The minimum absolute atomic E-state index is 0.0111. The van der Waals surface area contributed by atoms with Gasteiger partial charge in [0, 0.05) is 44.3 Å². The number of aromatic nitrogens is 3. The predicted molar refractivity (Wildman–Crippen MR) is 110 cm³/mol. The molecular formula is C22H25N5O. The first-order valence-electron chi connectivity index (χ1n) is 9.70. The summed E-state index contributed by atoms with van der Waals surface area (Å²) in [6, 6.07) is 14.2. The van der Waals surface area contributed by atoms with Crippen molar-refractivity contribution in [2.75, 3.05) is 18.4 Å². The van der Waals surface area contributed by atoms with Gasteiger partial charge in [0.2, 0.25) is 5.91 Å². The summed E-state index contributed by atoms with van der Waals surface area (Å²) >= 11 is 0. The molecule has 0 saturated carbocycles. The van der Waals surface area contributed by atoms with Crippen LogP contribution in [0.2, 0.25) is 0 Å². The predicted octanol–water partition coefficient (Wildman–Crippen LogP) is 3.33. The highest BCUT2D eigenvalue weighted by molar-refractivity contribution is 5.96. The number of nitrogens with zero attached hydrogens (tertiary/aromatic N) is 4. The summed E-state index contributed by atoms with van der Waals surface area (Å²) in [5, 5.41) is 7.63. The number of likely N-dealkylation sites (tertiary alicyclic amines) is 1. The van der Waals surface area contributed by atoms with E-state index < -0.39 is 0 Å². The molecule has 0 radical (unpaired) electrons. The van der Waals surface area contributed by atoms with Gasteiger partial charge < -0.3 is 5.32 Å². The molecule has 28 heavy (non-hydrogen) atoms. The molecule has 1 fully saturated rings. The van der Waals surface area contributed by atoms with Crippen molar-refractivity contribution in [2.45, 2.75) is 19.4 Å². The Morgan fingerprint density at radius 2 is 1.96 bits per heavy atom. The summed E-state index contributed by atoms with van der Waals surface area (Å²) in [5.74, 6) is 0.0593. The van der Waals surface area contributed by atoms with Crippen LogP contribution in [0.1, 0.15) is 18.4 Å². The maximum absolute atomic E-state index is 13.0. The number of aryl methyl sites for hydroxylation is 1. The van der Waals surface area contributed by atoms with Crippen molar-refractivity contribution in [1.82, 2.24) is 19.7 Å². The number of amides is 1. The van der Waals surface area contributed by atoms with Gasteiger partial charge in [0.15, 0.2) is 0 Å². The Bertz CT molecular complexity index is 923. The Hall–Kier alpha value is -2.99. The summed E-state index contributed by atoms with van der Waals surface area (Å²) in [6.45, 7) is 2.71. The molecule has 1 aromatic carbocycles. The van der Waals surface area contributed by atoms with Crippen LogP contribution < -0.4 is 5.32 Å². The molecule has 3 heterocycles. The van der Waals surface area contributed by atoms with Gasteiger partial charge in [0.25, 0.3) is 0 Å². The number of piperidine rings is 1. The van der Waals surface area contributed by atoms with Gasteiger partial charge in [0.05, 0.1) is 11.6 Å². The average Bonchev–Trinajstić information content (AvgIpc) is 3.09. The summed E-state index contributed by atoms with van der Waals surface area (Å²) < 4.78 is 1.73. The molecule has 0 aliphatic carbocycles. The Balaban J connectivity index is 1.44. The molecule has 1 N–H and O–H groups in total. The second kappa shape index (κ2) is 8.35. The Morgan fingerprint density at radius 1 is 1.18 bits per heavy atom. The van der Waals surface area contributed by atoms with Crippen LogP contribution in [-0.2, 0) is 18.4 Å². The van der Waals surface area contributed by atoms with E-state index in [0.717, 1.165) is 49.4 Å². The highest BCUT2D eigenvalue weighted by Gasteiger charge is 2.27. The largest absolute Gasteiger partial charge is 0.323 e. The van der Waals surface area contributed by atoms with Gasteiger partial charge in [-0.05, 0) is 37.1 Å². The molecule has 144 valence electrons. The van der Waals surface area contributed by atoms with Crippen LogP contribution in [0.25, 0.3) is 11.3 Å². The topological polar surface area (TPSA) is 63.1 Å². The summed E-state index contributed by atoms with van der Waals surface area (Å²) in [4.78, 5) is 19.4. The molecule has 1 saturated heterocycles. The lowest BCUT2D eigenvalue weighted by Gasteiger charge is -2.32. The minimum atomic E-state index is -0.0111. The van der Waals surface area contributed by atoms with Gasteiger partial charge in [-0.25, -0.2) is 0 Å². The van der Waals surface area contributed by atoms with Crippen LogP contribution in [0.5, 0.6) is 0 Å². The molecular weight excluding hydrogens is 350 g/mol. The number of carbonyl (C=O) groups excluding carboxylic acids is 1. The fourth-order valence-electron chi connectivity index (χ4n) is 3.79. The van der Waals surface area contributed by atoms with Gasteiger partial charge in [-0.2, -0.15) is 5.10 Å². The van der Waals surface area contributed by atoms with Crippen LogP contribution in [0.3, 0.4) is 0 Å². The van der Waals surface area contributed by atoms with E-state index >= 15 is 0 Å². The van der Waals surface area contributed by atoms with Crippen molar-refractivity contribution in [3.05, 3.63) is 66.6 Å². The third-order valence-electron chi connectivity index (χ3n) is 5.17. The zero-order chi connectivity index (χ0) is 19.3. The fourth-order valence-corrected chi connectivity index (χ4v) is 3.79. The lowest BCUT2D eigenvalue weighted by atomic mass is 9.96. The smallest absolute Gasteiger partial charge is 0.228 e. The second-order valence-electron chi connectivity index (χ2n) is 7.35. The van der Waals surface area contributed by atoms with Gasteiger partial charge in [-0.1, -0.05) is 30.3 Å². The minimum Gasteiger partial charge on any atom is -0.323 e. The van der Waals surface area contributed by atoms with Crippen molar-refractivity contribution in [3.63, 3.8) is 0 Å². The van der Waals surface area contributed by atoms with Crippen molar-refractivity contribution in [1.29, 1.82) is 0 Å². The van der Waals surface area contributed by atoms with Gasteiger partial charge >= 0.3 is 0 Å². The van der Waals surface area contributed by atoms with Crippen molar-refractivity contribution in [2.24, 2.45) is 13.0 Å². The number of hydrogen-bond acceptors (Lipinski definition) is 4. The van der Waals surface area contributed by atoms with E-state index in [2.05, 4.69) is 44.6 Å². The zero-order valence-electron chi connectivity index (χ0n) is 16.1. The van der Waals surface area contributed by atoms with Gasteiger partial charge in [-0.15, -0.1) is 0 Å². The molecule has 1 atom stereocenters. The lowest BCUT2D eigenvalue weighted by molar-refractivity contribution is -0.121. The molecule has 6 nitrogen and oxygen atoms in total. The van der Waals surface area contributed by atoms with E-state index in [0.29, 0.717) is 0 Å². The second-order valence-corrected chi connectivity index (χ2v) is 7.35. The maximum atomic E-state index is 13.0. The quantitative estimate of drug-likeness (QED) is 0.743. The summed E-state index contributed by atoms with van der Waals surface area (Å²) in [7, 11) is 1.86. The van der Waals surface area contributed by atoms with Gasteiger partial charge in [0.1, 0.15) is 5.69 Å². The zero-order valence-corrected chi connectivity index (χ0v) is 16.1. The Morgan fingerprint density at radius 3 is 2.75 bits per heavy atom. The van der Waals surface area contributed by atoms with E-state index in [-0.39, 0.29) is 11.8 Å². The highest BCUT2D eigenvalue weighted by atomic mass is 16.1. The molecule has 4 rings (SSSR count). The summed E-state index contributed by atoms with van der Waals surface area (Å²) in [6.07, 6.45) is 7.28. The molecule has 0 bridgehead atoms. The molecule has 1 aliphatic rings. The number of nitrogens with one attached hydrogen (secondary N) is 1. The van der Waals surface area contributed by atoms with Crippen LogP contribution in [0.4, 0.5) is 5.69 Å². The van der Waals surface area contributed by atoms with Crippen LogP contribution in [0.15, 0.2) is 61.1 Å². The first-order valence-corrected chi connectivity index (χ1v) is 9.70. The van der Waals surface area contributed by atoms with Crippen LogP contribution in [0, 0.1) is 5.92 Å². The SMILES string of the molecule is Cn1cc(NC(=O)[C@H]2CCCN(Cc3ccccc3)C2)c(-c2ccncc2)n1. The number of anilines is 1. The molecule has 0 unspecified atom stereocenters. The third-order valence-corrected chi connectivity index (χ3v) is 5.17. The number of hydrogen-bond donors (Lipinski definition) is 1. The van der Waals surface area contributed by atoms with E-state index in [1.807, 2.05) is 31.4 Å². The number of benzene rings is 1. The van der Waals surface area contributed by atoms with Crippen molar-refractivity contribution >= 4 is 11.6 Å². The fraction of sp³-hybridized carbons (Fsp3) is 0.318. The third kappa shape index (κ3) is 4.28. The molecule has 1 amide bonds. The monoisotopic (exact) mass is 375 g/mol. The Kier molecular flexibility index (Phi) is 5.48. The number of rotatable bonds is 5. The van der Waals surface area contributed by atoms with Gasteiger partial charge in [-0.3, -0.25) is 19.4 Å². The molecule has 3 aromatic rings. The van der Waals surface area contributed by atoms with Crippen molar-refractivity contribution < 1.29 is 4.79 Å². The normalized spacial score (nSPS) is 17.4. The molecule has 0 spiro atoms. The van der Waals surface area contributed by atoms with Crippen molar-refractivity contribution in [3.8, 4) is 11.3 Å². The lowest BCUT2D eigenvalue weighted by Crippen LogP contribution is -2.40. The number of pyridine rings is 1. The standard InChI is InChI=1S/C22H25N5O/c1-26-16-20(21(25-26)18-9-11-23-12-10-18)24-22(28)19-8-5-13-27(15-19)14-17-6-3-2-4-7-17/h2-4,6-7,9-12,16,19H,5,8,13-15H2,1H3,(H,24,28)/t19-/m0/s1.